The predicted molar refractivity (Wildman–Crippen MR) is 245 cm³/mol. The van der Waals surface area contributed by atoms with E-state index in [1.54, 1.807) is 0 Å². The highest BCUT2D eigenvalue weighted by atomic mass is 16.6. The molecule has 1 aliphatic rings. The van der Waals surface area contributed by atoms with Crippen LogP contribution in [0.25, 0.3) is 21.9 Å². The van der Waals surface area contributed by atoms with E-state index in [-0.39, 0.29) is 13.0 Å². The molecule has 20 nitrogen and oxygen atoms in total. The van der Waals surface area contributed by atoms with Crippen molar-refractivity contribution in [3.05, 3.63) is 24.0 Å². The number of rotatable bonds is 43. The Morgan fingerprint density at radius 1 is 0.600 bits per heavy atom. The molecule has 1 aliphatic heterocycles. The van der Waals surface area contributed by atoms with Gasteiger partial charge in [-0.3, -0.25) is 9.69 Å². The van der Waals surface area contributed by atoms with Gasteiger partial charge in [-0.15, -0.1) is 0 Å². The Kier molecular flexibility index (Phi) is 29.9. The quantitative estimate of drug-likeness (QED) is 0.0695. The van der Waals surface area contributed by atoms with Crippen LogP contribution in [-0.2, 0) is 68.1 Å². The van der Waals surface area contributed by atoms with Crippen molar-refractivity contribution in [2.24, 2.45) is 0 Å². The number of nitrogens with one attached hydrogen (secondary N) is 1. The summed E-state index contributed by atoms with van der Waals surface area (Å²) < 4.78 is 66.0. The summed E-state index contributed by atoms with van der Waals surface area (Å²) in [5, 5.41) is 9.58. The lowest BCUT2D eigenvalue weighted by Gasteiger charge is -2.36. The van der Waals surface area contributed by atoms with E-state index in [9.17, 15) is 4.79 Å². The van der Waals surface area contributed by atoms with Crippen LogP contribution in [0.5, 0.6) is 0 Å². The lowest BCUT2D eigenvalue weighted by atomic mass is 10.1. The van der Waals surface area contributed by atoms with Crippen LogP contribution in [0.3, 0.4) is 0 Å². The summed E-state index contributed by atoms with van der Waals surface area (Å²) in [4.78, 5) is 28.1. The number of hydrogen-bond donors (Lipinski definition) is 3. The number of carboxylic acids is 1. The zero-order valence-electron chi connectivity index (χ0n) is 38.7. The maximum Gasteiger partial charge on any atom is 0.305 e. The number of aryl methyl sites for hydroxylation is 1. The molecule has 0 saturated carbocycles. The van der Waals surface area contributed by atoms with E-state index in [4.69, 9.17) is 72.7 Å². The molecule has 0 amide bonds. The van der Waals surface area contributed by atoms with Crippen molar-refractivity contribution in [3.8, 4) is 0 Å². The summed E-state index contributed by atoms with van der Waals surface area (Å²) in [5.41, 5.74) is 10.1. The molecule has 3 heterocycles. The fourth-order valence-corrected chi connectivity index (χ4v) is 6.57. The Balaban J connectivity index is 0.814. The zero-order chi connectivity index (χ0) is 45.8. The summed E-state index contributed by atoms with van der Waals surface area (Å²) >= 11 is 0. The number of unbranched alkanes of at least 4 members (excludes halogenated alkanes) is 1. The fraction of sp³-hybridized carbons (Fsp3) is 0.756. The van der Waals surface area contributed by atoms with E-state index in [0.29, 0.717) is 158 Å². The number of pyridine rings is 1. The second-order valence-electron chi connectivity index (χ2n) is 15.0. The Morgan fingerprint density at radius 2 is 1.02 bits per heavy atom. The highest BCUT2D eigenvalue weighted by molar-refractivity contribution is 6.07. The van der Waals surface area contributed by atoms with Gasteiger partial charge in [0.2, 0.25) is 0 Å². The summed E-state index contributed by atoms with van der Waals surface area (Å²) in [6.07, 6.45) is 3.11. The molecule has 0 radical (unpaired) electrons. The standard InChI is InChI=1S/C45H76N6O14/c1-2-3-4-41-48-43-39-37-38(5-6-40(39)47-45(46)44(43)49-41)51-10-8-50(9-11-51)12-14-55-16-18-57-20-22-59-24-26-61-28-30-63-32-34-65-36-35-64-33-31-62-29-27-60-25-23-58-21-19-56-17-15-54-13-7-42(52)53/h5-6,37H,2-4,7-36H2,1H3,(H2,46,47)(H,48,49)(H,52,53). The van der Waals surface area contributed by atoms with Crippen molar-refractivity contribution >= 4 is 39.4 Å². The van der Waals surface area contributed by atoms with Crippen molar-refractivity contribution in [2.45, 2.75) is 32.6 Å². The minimum absolute atomic E-state index is 0.00549. The largest absolute Gasteiger partial charge is 0.481 e. The van der Waals surface area contributed by atoms with E-state index >= 15 is 0 Å². The first-order chi connectivity index (χ1) is 32.0. The predicted octanol–water partition coefficient (Wildman–Crippen LogP) is 2.83. The van der Waals surface area contributed by atoms with Gasteiger partial charge in [0, 0.05) is 50.2 Å². The minimum atomic E-state index is -0.876. The third-order valence-electron chi connectivity index (χ3n) is 10.1. The Morgan fingerprint density at radius 3 is 1.43 bits per heavy atom. The van der Waals surface area contributed by atoms with Gasteiger partial charge in [0.25, 0.3) is 0 Å². The van der Waals surface area contributed by atoms with Crippen molar-refractivity contribution in [1.82, 2.24) is 19.9 Å². The number of nitrogen functional groups attached to an aromatic ring is 1. The van der Waals surface area contributed by atoms with Gasteiger partial charge in [0.1, 0.15) is 11.3 Å². The van der Waals surface area contributed by atoms with Crippen molar-refractivity contribution in [1.29, 1.82) is 0 Å². The monoisotopic (exact) mass is 925 g/mol. The van der Waals surface area contributed by atoms with Gasteiger partial charge in [0.15, 0.2) is 5.82 Å². The third-order valence-corrected chi connectivity index (χ3v) is 10.1. The van der Waals surface area contributed by atoms with Gasteiger partial charge in [-0.2, -0.15) is 0 Å². The molecule has 0 atom stereocenters. The van der Waals surface area contributed by atoms with Crippen molar-refractivity contribution in [2.75, 3.05) is 202 Å². The summed E-state index contributed by atoms with van der Waals surface area (Å²) in [6, 6.07) is 6.43. The first kappa shape index (κ1) is 54.3. The number of aliphatic carboxylic acids is 1. The van der Waals surface area contributed by atoms with Gasteiger partial charge in [0.05, 0.1) is 176 Å². The number of anilines is 2. The summed E-state index contributed by atoms with van der Waals surface area (Å²) in [5.74, 6) is 0.570. The SMILES string of the molecule is CCCCc1nc2c(N)nc3ccc(N4CCN(CCOCCOCCOCCOCCOCCOCCOCCOCCOCCOCCOCCOCCC(=O)O)CC4)cc3c2[nH]1. The molecule has 4 N–H and O–H groups in total. The van der Waals surface area contributed by atoms with Crippen LogP contribution >= 0.6 is 0 Å². The number of nitrogens with two attached hydrogens (primary N) is 1. The second-order valence-corrected chi connectivity index (χ2v) is 15.0. The highest BCUT2D eigenvalue weighted by Crippen LogP contribution is 2.30. The number of carboxylic acid groups (broad SMARTS) is 1. The molecule has 0 unspecified atom stereocenters. The van der Waals surface area contributed by atoms with Gasteiger partial charge in [-0.25, -0.2) is 9.97 Å². The van der Waals surface area contributed by atoms with Crippen LogP contribution < -0.4 is 10.6 Å². The summed E-state index contributed by atoms with van der Waals surface area (Å²) in [6.45, 7) is 18.4. The molecule has 0 bridgehead atoms. The average molecular weight is 925 g/mol. The van der Waals surface area contributed by atoms with Gasteiger partial charge < -0.3 is 77.6 Å². The lowest BCUT2D eigenvalue weighted by molar-refractivity contribution is -0.138. The molecule has 2 aromatic heterocycles. The number of piperazine rings is 1. The molecule has 4 rings (SSSR count). The van der Waals surface area contributed by atoms with Gasteiger partial charge in [-0.1, -0.05) is 13.3 Å². The van der Waals surface area contributed by atoms with Crippen LogP contribution in [0.15, 0.2) is 18.2 Å². The molecule has 1 saturated heterocycles. The van der Waals surface area contributed by atoms with E-state index < -0.39 is 5.97 Å². The minimum Gasteiger partial charge on any atom is -0.481 e. The topological polar surface area (TPSA) is 222 Å². The molecular weight excluding hydrogens is 849 g/mol. The number of carbonyl (C=O) groups is 1. The average Bonchev–Trinajstić information content (AvgIpc) is 3.76. The Bertz CT molecular complexity index is 1650. The molecule has 1 aromatic carbocycles. The molecule has 370 valence electrons. The van der Waals surface area contributed by atoms with Crippen LogP contribution in [0.1, 0.15) is 32.0 Å². The maximum atomic E-state index is 10.4. The van der Waals surface area contributed by atoms with Crippen molar-refractivity contribution in [3.63, 3.8) is 0 Å². The van der Waals surface area contributed by atoms with Crippen LogP contribution in [0.2, 0.25) is 0 Å². The number of ether oxygens (including phenoxy) is 12. The van der Waals surface area contributed by atoms with Crippen LogP contribution in [0, 0.1) is 0 Å². The second kappa shape index (κ2) is 35.8. The number of H-pyrrole nitrogens is 1. The number of aromatic amines is 1. The number of aromatic nitrogens is 3. The molecular formula is C45H76N6O14. The lowest BCUT2D eigenvalue weighted by Crippen LogP contribution is -2.47. The van der Waals surface area contributed by atoms with E-state index in [0.717, 1.165) is 79.7 Å². The Labute approximate surface area is 383 Å². The van der Waals surface area contributed by atoms with Crippen molar-refractivity contribution < 1.29 is 66.7 Å². The summed E-state index contributed by atoms with van der Waals surface area (Å²) in [7, 11) is 0. The molecule has 3 aromatic rings. The highest BCUT2D eigenvalue weighted by Gasteiger charge is 2.19. The van der Waals surface area contributed by atoms with E-state index in [2.05, 4.69) is 44.9 Å². The first-order valence-corrected chi connectivity index (χ1v) is 23.2. The molecule has 1 fully saturated rings. The Hall–Kier alpha value is -3.35. The van der Waals surface area contributed by atoms with Crippen LogP contribution in [0.4, 0.5) is 11.5 Å². The molecule has 65 heavy (non-hydrogen) atoms. The van der Waals surface area contributed by atoms with Gasteiger partial charge in [-0.05, 0) is 24.6 Å². The van der Waals surface area contributed by atoms with Gasteiger partial charge >= 0.3 is 5.97 Å². The molecule has 0 spiro atoms. The number of hydrogen-bond acceptors (Lipinski definition) is 18. The number of nitrogens with zero attached hydrogens (tertiary/aromatic N) is 4. The number of fused-ring (bicyclic) bond motifs is 3. The van der Waals surface area contributed by atoms with E-state index in [1.807, 2.05) is 0 Å². The molecule has 20 heteroatoms. The number of benzene rings is 1. The van der Waals surface area contributed by atoms with E-state index in [1.165, 1.54) is 5.69 Å². The normalized spacial score (nSPS) is 13.5. The fourth-order valence-electron chi connectivity index (χ4n) is 6.57. The van der Waals surface area contributed by atoms with Crippen LogP contribution in [-0.4, -0.2) is 222 Å². The number of imidazole rings is 1. The smallest absolute Gasteiger partial charge is 0.305 e. The first-order valence-electron chi connectivity index (χ1n) is 23.2. The third kappa shape index (κ3) is 24.3. The zero-order valence-corrected chi connectivity index (χ0v) is 38.7. The molecule has 0 aliphatic carbocycles. The maximum absolute atomic E-state index is 10.4.